The Morgan fingerprint density at radius 1 is 1.12 bits per heavy atom. The summed E-state index contributed by atoms with van der Waals surface area (Å²) in [4.78, 5) is 19.6. The Labute approximate surface area is 153 Å². The van der Waals surface area contributed by atoms with Crippen molar-refractivity contribution in [1.82, 2.24) is 19.7 Å². The zero-order valence-corrected chi connectivity index (χ0v) is 14.8. The Balaban J connectivity index is 1.51. The number of aromatic nitrogens is 4. The number of aryl methyl sites for hydroxylation is 2. The van der Waals surface area contributed by atoms with Gasteiger partial charge in [0.1, 0.15) is 11.4 Å². The molecule has 26 heavy (non-hydrogen) atoms. The average molecular weight is 364 g/mol. The Morgan fingerprint density at radius 3 is 2.85 bits per heavy atom. The molecule has 5 rings (SSSR count). The fourth-order valence-corrected chi connectivity index (χ4v) is 4.67. The molecular formula is C19H16N4O2S. The summed E-state index contributed by atoms with van der Waals surface area (Å²) in [7, 11) is 0. The highest BCUT2D eigenvalue weighted by Gasteiger charge is 2.20. The van der Waals surface area contributed by atoms with Crippen LogP contribution >= 0.6 is 11.3 Å². The molecule has 3 heterocycles. The zero-order chi connectivity index (χ0) is 17.5. The average Bonchev–Trinajstić information content (AvgIpc) is 3.29. The van der Waals surface area contributed by atoms with Crippen LogP contribution in [0, 0.1) is 0 Å². The van der Waals surface area contributed by atoms with Crippen LogP contribution in [0.4, 0.5) is 0 Å². The summed E-state index contributed by atoms with van der Waals surface area (Å²) >= 11 is 1.65. The lowest BCUT2D eigenvalue weighted by molar-refractivity contribution is 0.483. The molecule has 4 aromatic rings. The molecule has 0 atom stereocenters. The molecular weight excluding hydrogens is 348 g/mol. The lowest BCUT2D eigenvalue weighted by atomic mass is 9.97. The van der Waals surface area contributed by atoms with Crippen LogP contribution in [0.1, 0.15) is 29.2 Å². The number of nitrogens with zero attached hydrogens (tertiary/aromatic N) is 4. The van der Waals surface area contributed by atoms with E-state index in [-0.39, 0.29) is 12.1 Å². The predicted octanol–water partition coefficient (Wildman–Crippen LogP) is 3.44. The first-order valence-electron chi connectivity index (χ1n) is 8.67. The lowest BCUT2D eigenvalue weighted by Crippen LogP contribution is -2.21. The van der Waals surface area contributed by atoms with Gasteiger partial charge in [0, 0.05) is 10.4 Å². The Kier molecular flexibility index (Phi) is 3.67. The van der Waals surface area contributed by atoms with E-state index in [1.807, 2.05) is 30.3 Å². The molecule has 7 heteroatoms. The molecule has 0 unspecified atom stereocenters. The summed E-state index contributed by atoms with van der Waals surface area (Å²) in [5.41, 5.74) is 2.03. The normalized spacial score (nSPS) is 13.8. The summed E-state index contributed by atoms with van der Waals surface area (Å²) in [5, 5.41) is 8.94. The second kappa shape index (κ2) is 6.17. The third kappa shape index (κ3) is 2.55. The maximum atomic E-state index is 13.0. The molecule has 0 radical (unpaired) electrons. The van der Waals surface area contributed by atoms with Crippen LogP contribution in [0.5, 0.6) is 0 Å². The molecule has 1 aromatic carbocycles. The number of fused-ring (bicyclic) bond motifs is 3. The van der Waals surface area contributed by atoms with Crippen molar-refractivity contribution in [3.05, 3.63) is 63.3 Å². The highest BCUT2D eigenvalue weighted by molar-refractivity contribution is 7.18. The highest BCUT2D eigenvalue weighted by Crippen LogP contribution is 2.33. The summed E-state index contributed by atoms with van der Waals surface area (Å²) in [5.74, 6) is 0.854. The molecule has 0 amide bonds. The van der Waals surface area contributed by atoms with Gasteiger partial charge in [-0.25, -0.2) is 4.98 Å². The smallest absolute Gasteiger partial charge is 0.262 e. The van der Waals surface area contributed by atoms with E-state index in [1.54, 1.807) is 22.2 Å². The van der Waals surface area contributed by atoms with Crippen LogP contribution in [0.25, 0.3) is 21.7 Å². The summed E-state index contributed by atoms with van der Waals surface area (Å²) in [6.07, 6.45) is 5.93. The van der Waals surface area contributed by atoms with Crippen molar-refractivity contribution in [2.75, 3.05) is 0 Å². The van der Waals surface area contributed by atoms with E-state index in [4.69, 9.17) is 4.42 Å². The van der Waals surface area contributed by atoms with Gasteiger partial charge in [0.05, 0.1) is 11.7 Å². The fourth-order valence-electron chi connectivity index (χ4n) is 3.45. The highest BCUT2D eigenvalue weighted by atomic mass is 32.1. The van der Waals surface area contributed by atoms with Gasteiger partial charge in [-0.2, -0.15) is 0 Å². The quantitative estimate of drug-likeness (QED) is 0.557. The molecule has 130 valence electrons. The van der Waals surface area contributed by atoms with Crippen LogP contribution < -0.4 is 5.56 Å². The molecule has 1 aliphatic carbocycles. The first-order valence-corrected chi connectivity index (χ1v) is 9.49. The zero-order valence-electron chi connectivity index (χ0n) is 14.0. The van der Waals surface area contributed by atoms with Crippen LogP contribution in [-0.2, 0) is 19.4 Å². The molecule has 1 aliphatic rings. The first kappa shape index (κ1) is 15.5. The van der Waals surface area contributed by atoms with Crippen molar-refractivity contribution >= 4 is 21.6 Å². The van der Waals surface area contributed by atoms with Crippen molar-refractivity contribution < 1.29 is 4.42 Å². The summed E-state index contributed by atoms with van der Waals surface area (Å²) in [6, 6.07) is 9.59. The van der Waals surface area contributed by atoms with Gasteiger partial charge in [-0.15, -0.1) is 21.5 Å². The van der Waals surface area contributed by atoms with Crippen LogP contribution in [-0.4, -0.2) is 19.7 Å². The van der Waals surface area contributed by atoms with Gasteiger partial charge in [0.25, 0.3) is 5.56 Å². The monoisotopic (exact) mass is 364 g/mol. The minimum atomic E-state index is -0.0196. The molecule has 0 spiro atoms. The van der Waals surface area contributed by atoms with Crippen LogP contribution in [0.2, 0.25) is 0 Å². The topological polar surface area (TPSA) is 73.8 Å². The van der Waals surface area contributed by atoms with Gasteiger partial charge >= 0.3 is 0 Å². The SMILES string of the molecule is O=c1c2c3c(sc2ncn1Cc1nnc(-c2ccccc2)o1)CCCC3. The van der Waals surface area contributed by atoms with E-state index in [1.165, 1.54) is 16.9 Å². The largest absolute Gasteiger partial charge is 0.419 e. The number of benzene rings is 1. The second-order valence-corrected chi connectivity index (χ2v) is 7.52. The maximum absolute atomic E-state index is 13.0. The second-order valence-electron chi connectivity index (χ2n) is 6.44. The number of hydrogen-bond donors (Lipinski definition) is 0. The number of rotatable bonds is 3. The van der Waals surface area contributed by atoms with Crippen molar-refractivity contribution in [2.24, 2.45) is 0 Å². The molecule has 0 saturated heterocycles. The third-order valence-corrected chi connectivity index (χ3v) is 5.93. The standard InChI is InChI=1S/C19H16N4O2S/c24-19-16-13-8-4-5-9-14(13)26-18(16)20-11-23(19)10-15-21-22-17(25-15)12-6-2-1-3-7-12/h1-3,6-7,11H,4-5,8-10H2. The Morgan fingerprint density at radius 2 is 1.96 bits per heavy atom. The van der Waals surface area contributed by atoms with Crippen molar-refractivity contribution in [3.63, 3.8) is 0 Å². The van der Waals surface area contributed by atoms with Crippen molar-refractivity contribution in [3.8, 4) is 11.5 Å². The molecule has 0 saturated carbocycles. The minimum Gasteiger partial charge on any atom is -0.419 e. The van der Waals surface area contributed by atoms with Crippen molar-refractivity contribution in [1.29, 1.82) is 0 Å². The van der Waals surface area contributed by atoms with Gasteiger partial charge in [-0.1, -0.05) is 18.2 Å². The third-order valence-electron chi connectivity index (χ3n) is 4.74. The predicted molar refractivity (Wildman–Crippen MR) is 99.4 cm³/mol. The van der Waals surface area contributed by atoms with Gasteiger partial charge in [0.15, 0.2) is 0 Å². The van der Waals surface area contributed by atoms with E-state index in [0.29, 0.717) is 11.8 Å². The van der Waals surface area contributed by atoms with Gasteiger partial charge in [-0.3, -0.25) is 9.36 Å². The molecule has 6 nitrogen and oxygen atoms in total. The van der Waals surface area contributed by atoms with Crippen molar-refractivity contribution in [2.45, 2.75) is 32.2 Å². The maximum Gasteiger partial charge on any atom is 0.262 e. The molecule has 0 bridgehead atoms. The molecule has 3 aromatic heterocycles. The first-order chi connectivity index (χ1) is 12.8. The summed E-state index contributed by atoms with van der Waals surface area (Å²) in [6.45, 7) is 0.228. The van der Waals surface area contributed by atoms with Crippen LogP contribution in [0.3, 0.4) is 0 Å². The lowest BCUT2D eigenvalue weighted by Gasteiger charge is -2.10. The van der Waals surface area contributed by atoms with E-state index < -0.39 is 0 Å². The van der Waals surface area contributed by atoms with Gasteiger partial charge in [-0.05, 0) is 43.4 Å². The fraction of sp³-hybridized carbons (Fsp3) is 0.263. The van der Waals surface area contributed by atoms with Gasteiger partial charge < -0.3 is 4.42 Å². The minimum absolute atomic E-state index is 0.0196. The molecule has 0 N–H and O–H groups in total. The number of hydrogen-bond acceptors (Lipinski definition) is 6. The van der Waals surface area contributed by atoms with Crippen LogP contribution in [0.15, 0.2) is 45.9 Å². The molecule has 0 fully saturated rings. The molecule has 0 aliphatic heterocycles. The van der Waals surface area contributed by atoms with E-state index in [0.717, 1.165) is 35.0 Å². The van der Waals surface area contributed by atoms with E-state index in [9.17, 15) is 4.79 Å². The Bertz CT molecular complexity index is 1140. The van der Waals surface area contributed by atoms with E-state index in [2.05, 4.69) is 15.2 Å². The summed E-state index contributed by atoms with van der Waals surface area (Å²) < 4.78 is 7.29. The number of thiophene rings is 1. The van der Waals surface area contributed by atoms with Gasteiger partial charge in [0.2, 0.25) is 11.8 Å². The Hall–Kier alpha value is -2.80. The van der Waals surface area contributed by atoms with E-state index >= 15 is 0 Å².